The average molecular weight is 334 g/mol. The first-order valence-corrected chi connectivity index (χ1v) is 9.57. The van der Waals surface area contributed by atoms with E-state index in [1.807, 2.05) is 18.0 Å². The van der Waals surface area contributed by atoms with Gasteiger partial charge in [-0.3, -0.25) is 4.57 Å². The normalized spacial score (nSPS) is 15.0. The van der Waals surface area contributed by atoms with E-state index in [2.05, 4.69) is 66.1 Å². The van der Waals surface area contributed by atoms with Crippen molar-refractivity contribution in [2.75, 3.05) is 0 Å². The summed E-state index contributed by atoms with van der Waals surface area (Å²) < 4.78 is 2.34. The molecule has 1 aliphatic carbocycles. The molecule has 0 radical (unpaired) electrons. The maximum absolute atomic E-state index is 4.80. The summed E-state index contributed by atoms with van der Waals surface area (Å²) in [7, 11) is 0. The van der Waals surface area contributed by atoms with E-state index in [1.165, 1.54) is 48.2 Å². The third-order valence-corrected chi connectivity index (χ3v) is 6.03. The van der Waals surface area contributed by atoms with Gasteiger partial charge in [-0.2, -0.15) is 0 Å². The van der Waals surface area contributed by atoms with Crippen molar-refractivity contribution >= 4 is 11.8 Å². The summed E-state index contributed by atoms with van der Waals surface area (Å²) in [5.41, 5.74) is 4.90. The van der Waals surface area contributed by atoms with Gasteiger partial charge in [0.2, 0.25) is 0 Å². The third kappa shape index (κ3) is 3.01. The van der Waals surface area contributed by atoms with Crippen molar-refractivity contribution in [2.45, 2.75) is 43.0 Å². The van der Waals surface area contributed by atoms with Crippen LogP contribution in [0.25, 0.3) is 16.9 Å². The third-order valence-electron chi connectivity index (χ3n) is 4.73. The van der Waals surface area contributed by atoms with Gasteiger partial charge in [-0.15, -0.1) is 0 Å². The Morgan fingerprint density at radius 2 is 1.67 bits per heavy atom. The molecule has 0 amide bonds. The fourth-order valence-electron chi connectivity index (χ4n) is 3.43. The molecule has 122 valence electrons. The lowest BCUT2D eigenvalue weighted by molar-refractivity contribution is 0.858. The summed E-state index contributed by atoms with van der Waals surface area (Å²) in [4.78, 5) is 4.80. The van der Waals surface area contributed by atoms with E-state index >= 15 is 0 Å². The van der Waals surface area contributed by atoms with E-state index in [0.717, 1.165) is 5.16 Å². The van der Waals surface area contributed by atoms with Gasteiger partial charge in [-0.25, -0.2) is 4.98 Å². The van der Waals surface area contributed by atoms with Gasteiger partial charge in [0.25, 0.3) is 0 Å². The van der Waals surface area contributed by atoms with Crippen molar-refractivity contribution < 1.29 is 0 Å². The zero-order chi connectivity index (χ0) is 16.4. The van der Waals surface area contributed by atoms with Gasteiger partial charge < -0.3 is 0 Å². The summed E-state index contributed by atoms with van der Waals surface area (Å²) in [5.74, 6) is 0. The van der Waals surface area contributed by atoms with E-state index in [0.29, 0.717) is 5.25 Å². The summed E-state index contributed by atoms with van der Waals surface area (Å²) in [6.07, 6.45) is 7.36. The number of thioether (sulfide) groups is 1. The number of imidazole rings is 1. The first-order valence-electron chi connectivity index (χ1n) is 8.69. The molecular formula is C21H22N2S. The number of nitrogens with zero attached hydrogens (tertiary/aromatic N) is 2. The molecule has 0 atom stereocenters. The molecule has 0 saturated heterocycles. The maximum atomic E-state index is 4.80. The van der Waals surface area contributed by atoms with Gasteiger partial charge in [-0.1, -0.05) is 73.1 Å². The van der Waals surface area contributed by atoms with Gasteiger partial charge >= 0.3 is 0 Å². The minimum absolute atomic E-state index is 0.707. The van der Waals surface area contributed by atoms with Crippen LogP contribution in [0.5, 0.6) is 0 Å². The Labute approximate surface area is 147 Å². The second-order valence-corrected chi connectivity index (χ2v) is 7.71. The van der Waals surface area contributed by atoms with Crippen LogP contribution in [0.3, 0.4) is 0 Å². The van der Waals surface area contributed by atoms with Gasteiger partial charge in [-0.05, 0) is 31.4 Å². The molecule has 0 N–H and O–H groups in total. The van der Waals surface area contributed by atoms with Crippen LogP contribution in [0.15, 0.2) is 66.0 Å². The lowest BCUT2D eigenvalue weighted by atomic mass is 10.1. The molecule has 1 aliphatic rings. The van der Waals surface area contributed by atoms with Crippen LogP contribution in [-0.4, -0.2) is 14.8 Å². The highest BCUT2D eigenvalue weighted by Gasteiger charge is 2.21. The predicted molar refractivity (Wildman–Crippen MR) is 102 cm³/mol. The lowest BCUT2D eigenvalue weighted by Gasteiger charge is -2.16. The average Bonchev–Trinajstić information content (AvgIpc) is 3.27. The van der Waals surface area contributed by atoms with Gasteiger partial charge in [0.1, 0.15) is 0 Å². The van der Waals surface area contributed by atoms with E-state index in [4.69, 9.17) is 4.98 Å². The fourth-order valence-corrected chi connectivity index (χ4v) is 4.72. The van der Waals surface area contributed by atoms with Crippen molar-refractivity contribution in [1.82, 2.24) is 9.55 Å². The SMILES string of the molecule is Cc1ccccc1-n1c(-c2ccccc2)cnc1SC1CCCC1. The summed E-state index contributed by atoms with van der Waals surface area (Å²) in [6, 6.07) is 19.2. The number of para-hydroxylation sites is 1. The van der Waals surface area contributed by atoms with Crippen molar-refractivity contribution in [3.8, 4) is 16.9 Å². The van der Waals surface area contributed by atoms with Crippen LogP contribution in [0.1, 0.15) is 31.2 Å². The molecule has 4 rings (SSSR count). The first kappa shape index (κ1) is 15.5. The number of rotatable bonds is 4. The fraction of sp³-hybridized carbons (Fsp3) is 0.286. The van der Waals surface area contributed by atoms with Crippen LogP contribution < -0.4 is 0 Å². The highest BCUT2D eigenvalue weighted by Crippen LogP contribution is 2.37. The topological polar surface area (TPSA) is 17.8 Å². The molecule has 0 bridgehead atoms. The Morgan fingerprint density at radius 3 is 2.42 bits per heavy atom. The Balaban J connectivity index is 1.83. The van der Waals surface area contributed by atoms with Crippen molar-refractivity contribution in [1.29, 1.82) is 0 Å². The van der Waals surface area contributed by atoms with E-state index in [-0.39, 0.29) is 0 Å². The second-order valence-electron chi connectivity index (χ2n) is 6.44. The highest BCUT2D eigenvalue weighted by molar-refractivity contribution is 7.99. The molecule has 3 aromatic rings. The summed E-state index contributed by atoms with van der Waals surface area (Å²) in [6.45, 7) is 2.17. The molecule has 1 saturated carbocycles. The number of hydrogen-bond donors (Lipinski definition) is 0. The van der Waals surface area contributed by atoms with Crippen LogP contribution in [0.2, 0.25) is 0 Å². The second kappa shape index (κ2) is 6.86. The molecule has 1 aromatic heterocycles. The smallest absolute Gasteiger partial charge is 0.173 e. The van der Waals surface area contributed by atoms with E-state index < -0.39 is 0 Å². The standard InChI is InChI=1S/C21H22N2S/c1-16-9-5-8-14-19(16)23-20(17-10-3-2-4-11-17)15-22-21(23)24-18-12-6-7-13-18/h2-5,8-11,14-15,18H,6-7,12-13H2,1H3. The molecule has 1 heterocycles. The monoisotopic (exact) mass is 334 g/mol. The van der Waals surface area contributed by atoms with Crippen LogP contribution in [0, 0.1) is 6.92 Å². The Bertz CT molecular complexity index is 817. The minimum Gasteiger partial charge on any atom is -0.287 e. The minimum atomic E-state index is 0.707. The molecule has 2 aromatic carbocycles. The number of aryl methyl sites for hydroxylation is 1. The molecule has 2 nitrogen and oxygen atoms in total. The molecule has 1 fully saturated rings. The molecule has 0 aliphatic heterocycles. The molecule has 24 heavy (non-hydrogen) atoms. The molecular weight excluding hydrogens is 312 g/mol. The van der Waals surface area contributed by atoms with Crippen LogP contribution in [0.4, 0.5) is 0 Å². The molecule has 3 heteroatoms. The lowest BCUT2D eigenvalue weighted by Crippen LogP contribution is -2.04. The van der Waals surface area contributed by atoms with Gasteiger partial charge in [0, 0.05) is 10.8 Å². The largest absolute Gasteiger partial charge is 0.287 e. The zero-order valence-electron chi connectivity index (χ0n) is 14.0. The first-order chi connectivity index (χ1) is 11.8. The molecule has 0 spiro atoms. The number of benzene rings is 2. The number of hydrogen-bond acceptors (Lipinski definition) is 2. The van der Waals surface area contributed by atoms with Crippen molar-refractivity contribution in [3.63, 3.8) is 0 Å². The van der Waals surface area contributed by atoms with Gasteiger partial charge in [0.15, 0.2) is 5.16 Å². The highest BCUT2D eigenvalue weighted by atomic mass is 32.2. The summed E-state index contributed by atoms with van der Waals surface area (Å²) >= 11 is 1.95. The van der Waals surface area contributed by atoms with Crippen molar-refractivity contribution in [3.05, 3.63) is 66.4 Å². The Kier molecular flexibility index (Phi) is 4.44. The molecule has 0 unspecified atom stereocenters. The van der Waals surface area contributed by atoms with Crippen molar-refractivity contribution in [2.24, 2.45) is 0 Å². The van der Waals surface area contributed by atoms with E-state index in [9.17, 15) is 0 Å². The predicted octanol–water partition coefficient (Wildman–Crippen LogP) is 5.88. The quantitative estimate of drug-likeness (QED) is 0.592. The maximum Gasteiger partial charge on any atom is 0.173 e. The van der Waals surface area contributed by atoms with Crippen LogP contribution >= 0.6 is 11.8 Å². The van der Waals surface area contributed by atoms with E-state index in [1.54, 1.807) is 0 Å². The van der Waals surface area contributed by atoms with Crippen LogP contribution in [-0.2, 0) is 0 Å². The zero-order valence-corrected chi connectivity index (χ0v) is 14.8. The van der Waals surface area contributed by atoms with Gasteiger partial charge in [0.05, 0.1) is 17.6 Å². The summed E-state index contributed by atoms with van der Waals surface area (Å²) in [5, 5.41) is 1.83. The Morgan fingerprint density at radius 1 is 0.958 bits per heavy atom. The Hall–Kier alpha value is -2.00. The number of aromatic nitrogens is 2.